The molecule has 1 aliphatic rings. The molecule has 1 rings (SSSR count). The van der Waals surface area contributed by atoms with Gasteiger partial charge in [-0.05, 0) is 39.9 Å². The molecule has 0 aliphatic carbocycles. The molecule has 5 unspecified atom stereocenters. The Hall–Kier alpha value is 0.0800. The average molecular weight is 233 g/mol. The summed E-state index contributed by atoms with van der Waals surface area (Å²) >= 11 is 5.09. The van der Waals surface area contributed by atoms with Gasteiger partial charge in [0.15, 0.2) is 5.11 Å². The molecular formula is C9H20N3PS. The van der Waals surface area contributed by atoms with Gasteiger partial charge in [-0.1, -0.05) is 9.39 Å². The largest absolute Gasteiger partial charge is 0.376 e. The molecule has 0 bridgehead atoms. The minimum absolute atomic E-state index is 0.371. The van der Waals surface area contributed by atoms with E-state index in [2.05, 4.69) is 46.7 Å². The highest BCUT2D eigenvalue weighted by Gasteiger charge is 2.38. The van der Waals surface area contributed by atoms with Gasteiger partial charge in [0.2, 0.25) is 0 Å². The van der Waals surface area contributed by atoms with Gasteiger partial charge in [0.25, 0.3) is 0 Å². The van der Waals surface area contributed by atoms with Crippen LogP contribution < -0.4 is 5.73 Å². The topological polar surface area (TPSA) is 32.5 Å². The molecule has 14 heavy (non-hydrogen) atoms. The fraction of sp³-hybridized carbons (Fsp3) is 0.889. The van der Waals surface area contributed by atoms with Crippen molar-refractivity contribution in [2.75, 3.05) is 0 Å². The van der Waals surface area contributed by atoms with Gasteiger partial charge in [-0.15, -0.1) is 0 Å². The second kappa shape index (κ2) is 4.30. The van der Waals surface area contributed by atoms with Crippen molar-refractivity contribution < 1.29 is 0 Å². The Labute approximate surface area is 94.3 Å². The van der Waals surface area contributed by atoms with Crippen LogP contribution in [-0.4, -0.2) is 38.9 Å². The van der Waals surface area contributed by atoms with Crippen LogP contribution in [0.25, 0.3) is 0 Å². The van der Waals surface area contributed by atoms with Gasteiger partial charge in [0.05, 0.1) is 0 Å². The summed E-state index contributed by atoms with van der Waals surface area (Å²) in [4.78, 5) is 2.14. The van der Waals surface area contributed by atoms with Crippen molar-refractivity contribution in [1.29, 1.82) is 0 Å². The monoisotopic (exact) mass is 233 g/mol. The zero-order valence-corrected chi connectivity index (χ0v) is 11.2. The number of nitrogens with zero attached hydrogens (tertiary/aromatic N) is 2. The first-order valence-corrected chi connectivity index (χ1v) is 5.91. The number of rotatable bonds is 0. The van der Waals surface area contributed by atoms with Crippen molar-refractivity contribution >= 4 is 26.7 Å². The van der Waals surface area contributed by atoms with E-state index in [9.17, 15) is 0 Å². The maximum absolute atomic E-state index is 5.75. The lowest BCUT2D eigenvalue weighted by Crippen LogP contribution is -2.64. The molecule has 1 saturated heterocycles. The second-order valence-electron chi connectivity index (χ2n) is 4.16. The summed E-state index contributed by atoms with van der Waals surface area (Å²) in [7, 11) is 2.80. The first kappa shape index (κ1) is 12.2. The lowest BCUT2D eigenvalue weighted by atomic mass is 9.98. The van der Waals surface area contributed by atoms with E-state index in [1.807, 2.05) is 0 Å². The summed E-state index contributed by atoms with van der Waals surface area (Å²) in [6.45, 7) is 8.74. The highest BCUT2D eigenvalue weighted by Crippen LogP contribution is 2.28. The minimum Gasteiger partial charge on any atom is -0.376 e. The molecule has 1 fully saturated rings. The zero-order chi connectivity index (χ0) is 11.0. The van der Waals surface area contributed by atoms with Crippen LogP contribution in [0.3, 0.4) is 0 Å². The molecule has 1 aliphatic heterocycles. The maximum atomic E-state index is 5.75. The Morgan fingerprint density at radius 1 is 1.07 bits per heavy atom. The van der Waals surface area contributed by atoms with Gasteiger partial charge in [0, 0.05) is 24.2 Å². The van der Waals surface area contributed by atoms with Crippen LogP contribution in [0.5, 0.6) is 0 Å². The Morgan fingerprint density at radius 3 is 1.71 bits per heavy atom. The first-order chi connectivity index (χ1) is 6.37. The third-order valence-corrected chi connectivity index (χ3v) is 4.62. The van der Waals surface area contributed by atoms with Gasteiger partial charge in [0.1, 0.15) is 0 Å². The van der Waals surface area contributed by atoms with Gasteiger partial charge < -0.3 is 10.6 Å². The molecule has 0 aromatic rings. The van der Waals surface area contributed by atoms with Crippen molar-refractivity contribution in [3.63, 3.8) is 0 Å². The van der Waals surface area contributed by atoms with Crippen molar-refractivity contribution in [2.24, 2.45) is 5.73 Å². The summed E-state index contributed by atoms with van der Waals surface area (Å²) in [6.07, 6.45) is 0. The molecule has 82 valence electrons. The Morgan fingerprint density at radius 2 is 1.43 bits per heavy atom. The predicted molar refractivity (Wildman–Crippen MR) is 68.0 cm³/mol. The minimum atomic E-state index is 0.371. The molecule has 2 N–H and O–H groups in total. The second-order valence-corrected chi connectivity index (χ2v) is 5.17. The highest BCUT2D eigenvalue weighted by molar-refractivity contribution is 7.80. The summed E-state index contributed by atoms with van der Waals surface area (Å²) < 4.78 is 2.31. The number of hydrogen-bond donors (Lipinski definition) is 1. The van der Waals surface area contributed by atoms with Crippen molar-refractivity contribution in [3.05, 3.63) is 0 Å². The maximum Gasteiger partial charge on any atom is 0.166 e. The van der Waals surface area contributed by atoms with Crippen LogP contribution in [0.1, 0.15) is 27.7 Å². The highest BCUT2D eigenvalue weighted by atomic mass is 32.1. The molecule has 0 saturated carbocycles. The molecule has 5 heteroatoms. The lowest BCUT2D eigenvalue weighted by molar-refractivity contribution is 0.0638. The Balaban J connectivity index is 2.92. The molecule has 0 aromatic carbocycles. The van der Waals surface area contributed by atoms with Gasteiger partial charge in [-0.3, -0.25) is 4.67 Å². The summed E-state index contributed by atoms with van der Waals surface area (Å²) in [5.74, 6) is 0. The van der Waals surface area contributed by atoms with Crippen molar-refractivity contribution in [3.8, 4) is 0 Å². The fourth-order valence-corrected chi connectivity index (χ4v) is 2.94. The van der Waals surface area contributed by atoms with E-state index >= 15 is 0 Å². The Bertz CT molecular complexity index is 220. The summed E-state index contributed by atoms with van der Waals surface area (Å²) in [5.41, 5.74) is 5.75. The average Bonchev–Trinajstić information content (AvgIpc) is 2.11. The number of nitrogens with two attached hydrogens (primary N) is 1. The van der Waals surface area contributed by atoms with E-state index in [1.54, 1.807) is 0 Å². The van der Waals surface area contributed by atoms with E-state index in [0.717, 1.165) is 0 Å². The van der Waals surface area contributed by atoms with Crippen LogP contribution in [0.2, 0.25) is 0 Å². The number of thiocarbonyl (C=S) groups is 1. The lowest BCUT2D eigenvalue weighted by Gasteiger charge is -2.51. The first-order valence-electron chi connectivity index (χ1n) is 4.98. The van der Waals surface area contributed by atoms with Crippen LogP contribution in [0, 0.1) is 0 Å². The third kappa shape index (κ3) is 1.88. The molecule has 0 amide bonds. The molecular weight excluding hydrogens is 213 g/mol. The van der Waals surface area contributed by atoms with Crippen molar-refractivity contribution in [2.45, 2.75) is 51.9 Å². The number of hydrogen-bond acceptors (Lipinski definition) is 2. The zero-order valence-electron chi connectivity index (χ0n) is 9.27. The standard InChI is InChI=1S/C9H20N3PS/c1-5-7(3)12(13)8(4)6(2)11(5)9(10)14/h5-8H,13H2,1-4H3,(H2,10,14). The molecule has 1 heterocycles. The van der Waals surface area contributed by atoms with Crippen molar-refractivity contribution in [1.82, 2.24) is 9.57 Å². The van der Waals surface area contributed by atoms with Crippen LogP contribution in [-0.2, 0) is 0 Å². The van der Waals surface area contributed by atoms with E-state index in [4.69, 9.17) is 18.0 Å². The van der Waals surface area contributed by atoms with E-state index in [0.29, 0.717) is 29.3 Å². The van der Waals surface area contributed by atoms with Gasteiger partial charge in [-0.2, -0.15) is 0 Å². The fourth-order valence-electron chi connectivity index (χ4n) is 2.11. The van der Waals surface area contributed by atoms with Crippen LogP contribution >= 0.6 is 21.6 Å². The number of piperazine rings is 1. The SMILES string of the molecule is CC1C(C)N(C(N)=S)C(C)C(C)N1P. The Kier molecular flexibility index (Phi) is 3.73. The van der Waals surface area contributed by atoms with E-state index in [1.165, 1.54) is 0 Å². The molecule has 0 radical (unpaired) electrons. The van der Waals surface area contributed by atoms with Crippen LogP contribution in [0.15, 0.2) is 0 Å². The van der Waals surface area contributed by atoms with E-state index in [-0.39, 0.29) is 0 Å². The summed E-state index contributed by atoms with van der Waals surface area (Å²) in [5, 5.41) is 0.516. The molecule has 5 atom stereocenters. The summed E-state index contributed by atoms with van der Waals surface area (Å²) in [6, 6.07) is 1.65. The predicted octanol–water partition coefficient (Wildman–Crippen LogP) is 1.19. The molecule has 0 aromatic heterocycles. The normalized spacial score (nSPS) is 39.9. The smallest absolute Gasteiger partial charge is 0.166 e. The van der Waals surface area contributed by atoms with Gasteiger partial charge in [-0.25, -0.2) is 0 Å². The quantitative estimate of drug-likeness (QED) is 0.503. The van der Waals surface area contributed by atoms with E-state index < -0.39 is 0 Å². The van der Waals surface area contributed by atoms with Gasteiger partial charge >= 0.3 is 0 Å². The van der Waals surface area contributed by atoms with Crippen LogP contribution in [0.4, 0.5) is 0 Å². The third-order valence-electron chi connectivity index (χ3n) is 3.47. The molecule has 3 nitrogen and oxygen atoms in total. The molecule has 0 spiro atoms.